The number of anilines is 1. The normalized spacial score (nSPS) is 11.9. The molecule has 0 amide bonds. The van der Waals surface area contributed by atoms with Crippen LogP contribution in [0.15, 0.2) is 40.8 Å². The Morgan fingerprint density at radius 3 is 2.27 bits per heavy atom. The number of benzene rings is 2. The highest BCUT2D eigenvalue weighted by molar-refractivity contribution is 5.60. The van der Waals surface area contributed by atoms with Crippen molar-refractivity contribution < 1.29 is 13.9 Å². The van der Waals surface area contributed by atoms with Gasteiger partial charge in [0.05, 0.1) is 14.2 Å². The lowest BCUT2D eigenvalue weighted by Crippen LogP contribution is -2.08. The third-order valence-electron chi connectivity index (χ3n) is 4.21. The molecule has 0 saturated heterocycles. The van der Waals surface area contributed by atoms with Crippen molar-refractivity contribution in [2.45, 2.75) is 26.8 Å². The third kappa shape index (κ3) is 3.64. The third-order valence-corrected chi connectivity index (χ3v) is 4.21. The Kier molecular flexibility index (Phi) is 5.11. The van der Waals surface area contributed by atoms with Crippen LogP contribution < -0.4 is 14.8 Å². The summed E-state index contributed by atoms with van der Waals surface area (Å²) >= 11 is 0. The second-order valence-electron chi connectivity index (χ2n) is 6.20. The molecule has 0 aliphatic carbocycles. The first-order chi connectivity index (χ1) is 12.5. The summed E-state index contributed by atoms with van der Waals surface area (Å²) in [4.78, 5) is 0. The summed E-state index contributed by atoms with van der Waals surface area (Å²) in [6.45, 7) is 6.02. The molecular weight excluding hydrogens is 330 g/mol. The minimum Gasteiger partial charge on any atom is -0.493 e. The number of aromatic nitrogens is 2. The molecule has 6 heteroatoms. The smallest absolute Gasteiger partial charge is 0.247 e. The van der Waals surface area contributed by atoms with E-state index in [0.717, 1.165) is 16.8 Å². The van der Waals surface area contributed by atoms with Crippen molar-refractivity contribution in [3.8, 4) is 23.0 Å². The highest BCUT2D eigenvalue weighted by Gasteiger charge is 2.17. The zero-order valence-electron chi connectivity index (χ0n) is 15.7. The average Bonchev–Trinajstić information content (AvgIpc) is 3.13. The van der Waals surface area contributed by atoms with E-state index < -0.39 is 0 Å². The Hall–Kier alpha value is -3.02. The van der Waals surface area contributed by atoms with Gasteiger partial charge in [-0.1, -0.05) is 17.7 Å². The number of hydrogen-bond acceptors (Lipinski definition) is 6. The molecule has 0 spiro atoms. The molecule has 26 heavy (non-hydrogen) atoms. The van der Waals surface area contributed by atoms with Gasteiger partial charge in [0.2, 0.25) is 11.8 Å². The molecule has 3 rings (SSSR count). The molecule has 136 valence electrons. The van der Waals surface area contributed by atoms with Crippen LogP contribution in [0.5, 0.6) is 11.5 Å². The molecule has 1 atom stereocenters. The van der Waals surface area contributed by atoms with Gasteiger partial charge in [-0.2, -0.15) is 0 Å². The van der Waals surface area contributed by atoms with Gasteiger partial charge in [0.25, 0.3) is 0 Å². The van der Waals surface area contributed by atoms with E-state index in [0.29, 0.717) is 23.3 Å². The quantitative estimate of drug-likeness (QED) is 0.701. The largest absolute Gasteiger partial charge is 0.493 e. The van der Waals surface area contributed by atoms with Gasteiger partial charge in [-0.25, -0.2) is 0 Å². The number of aryl methyl sites for hydroxylation is 2. The highest BCUT2D eigenvalue weighted by Crippen LogP contribution is 2.34. The zero-order valence-corrected chi connectivity index (χ0v) is 15.7. The number of nitrogens with one attached hydrogen (secondary N) is 1. The van der Waals surface area contributed by atoms with Crippen LogP contribution in [-0.4, -0.2) is 24.4 Å². The van der Waals surface area contributed by atoms with Crippen molar-refractivity contribution in [2.75, 3.05) is 19.5 Å². The fourth-order valence-corrected chi connectivity index (χ4v) is 2.65. The summed E-state index contributed by atoms with van der Waals surface area (Å²) in [6.07, 6.45) is 0. The van der Waals surface area contributed by atoms with Crippen LogP contribution in [0.25, 0.3) is 11.5 Å². The number of ether oxygens (including phenoxy) is 2. The van der Waals surface area contributed by atoms with Crippen molar-refractivity contribution in [3.05, 3.63) is 53.4 Å². The van der Waals surface area contributed by atoms with Crippen LogP contribution in [0.2, 0.25) is 0 Å². The van der Waals surface area contributed by atoms with Crippen molar-refractivity contribution in [1.29, 1.82) is 0 Å². The van der Waals surface area contributed by atoms with Gasteiger partial charge in [0.15, 0.2) is 11.5 Å². The van der Waals surface area contributed by atoms with Crippen LogP contribution in [-0.2, 0) is 0 Å². The molecule has 0 radical (unpaired) electrons. The second-order valence-corrected chi connectivity index (χ2v) is 6.20. The minimum absolute atomic E-state index is 0.154. The van der Waals surface area contributed by atoms with Crippen molar-refractivity contribution in [1.82, 2.24) is 10.2 Å². The summed E-state index contributed by atoms with van der Waals surface area (Å²) in [7, 11) is 3.24. The Bertz CT molecular complexity index is 888. The molecule has 0 aliphatic heterocycles. The molecule has 0 aliphatic rings. The van der Waals surface area contributed by atoms with Crippen molar-refractivity contribution in [3.63, 3.8) is 0 Å². The van der Waals surface area contributed by atoms with Crippen LogP contribution in [0, 0.1) is 13.8 Å². The SMILES string of the molecule is COc1cc(C)c(NC(C)c2nnc(-c3ccc(C)cc3)o2)cc1OC. The van der Waals surface area contributed by atoms with Gasteiger partial charge < -0.3 is 19.2 Å². The average molecular weight is 353 g/mol. The Morgan fingerprint density at radius 2 is 1.62 bits per heavy atom. The lowest BCUT2D eigenvalue weighted by molar-refractivity contribution is 0.355. The number of rotatable bonds is 6. The summed E-state index contributed by atoms with van der Waals surface area (Å²) < 4.78 is 16.5. The van der Waals surface area contributed by atoms with Gasteiger partial charge >= 0.3 is 0 Å². The second kappa shape index (κ2) is 7.47. The number of hydrogen-bond donors (Lipinski definition) is 1. The Balaban J connectivity index is 1.80. The van der Waals surface area contributed by atoms with Gasteiger partial charge in [-0.05, 0) is 44.5 Å². The molecule has 2 aromatic carbocycles. The fourth-order valence-electron chi connectivity index (χ4n) is 2.65. The summed E-state index contributed by atoms with van der Waals surface area (Å²) in [5.41, 5.74) is 4.05. The maximum Gasteiger partial charge on any atom is 0.247 e. The molecule has 0 bridgehead atoms. The van der Waals surface area contributed by atoms with E-state index in [4.69, 9.17) is 13.9 Å². The first-order valence-electron chi connectivity index (χ1n) is 8.41. The topological polar surface area (TPSA) is 69.4 Å². The van der Waals surface area contributed by atoms with Crippen molar-refractivity contribution in [2.24, 2.45) is 0 Å². The molecular formula is C20H23N3O3. The molecule has 1 N–H and O–H groups in total. The van der Waals surface area contributed by atoms with E-state index in [9.17, 15) is 0 Å². The van der Waals surface area contributed by atoms with E-state index in [-0.39, 0.29) is 6.04 Å². The zero-order chi connectivity index (χ0) is 18.7. The maximum atomic E-state index is 5.84. The maximum absolute atomic E-state index is 5.84. The molecule has 3 aromatic rings. The number of methoxy groups -OCH3 is 2. The Labute approximate surface area is 153 Å². The predicted molar refractivity (Wildman–Crippen MR) is 101 cm³/mol. The molecule has 0 fully saturated rings. The van der Waals surface area contributed by atoms with E-state index in [1.807, 2.05) is 57.2 Å². The summed E-state index contributed by atoms with van der Waals surface area (Å²) in [5.74, 6) is 2.40. The van der Waals surface area contributed by atoms with Crippen LogP contribution in [0.1, 0.15) is 30.0 Å². The Morgan fingerprint density at radius 1 is 0.962 bits per heavy atom. The molecule has 1 heterocycles. The first-order valence-corrected chi connectivity index (χ1v) is 8.41. The van der Waals surface area contributed by atoms with Crippen LogP contribution in [0.3, 0.4) is 0 Å². The van der Waals surface area contributed by atoms with Crippen molar-refractivity contribution >= 4 is 5.69 Å². The van der Waals surface area contributed by atoms with E-state index in [2.05, 4.69) is 15.5 Å². The molecule has 1 unspecified atom stereocenters. The van der Waals surface area contributed by atoms with Gasteiger partial charge in [-0.15, -0.1) is 10.2 Å². The molecule has 6 nitrogen and oxygen atoms in total. The number of nitrogens with zero attached hydrogens (tertiary/aromatic N) is 2. The van der Waals surface area contributed by atoms with E-state index in [1.54, 1.807) is 14.2 Å². The molecule has 1 aromatic heterocycles. The van der Waals surface area contributed by atoms with Crippen LogP contribution in [0.4, 0.5) is 5.69 Å². The van der Waals surface area contributed by atoms with Gasteiger partial charge in [-0.3, -0.25) is 0 Å². The summed E-state index contributed by atoms with van der Waals surface area (Å²) in [5, 5.41) is 11.7. The fraction of sp³-hybridized carbons (Fsp3) is 0.300. The monoisotopic (exact) mass is 353 g/mol. The van der Waals surface area contributed by atoms with E-state index >= 15 is 0 Å². The lowest BCUT2D eigenvalue weighted by atomic mass is 10.1. The van der Waals surface area contributed by atoms with Crippen LogP contribution >= 0.6 is 0 Å². The standard InChI is InChI=1S/C20H23N3O3/c1-12-6-8-15(9-7-12)20-23-22-19(26-20)14(3)21-16-11-18(25-5)17(24-4)10-13(16)2/h6-11,14,21H,1-5H3. The predicted octanol–water partition coefficient (Wildman–Crippen LogP) is 4.54. The molecule has 0 saturated carbocycles. The van der Waals surface area contributed by atoms with E-state index in [1.165, 1.54) is 5.56 Å². The minimum atomic E-state index is -0.154. The highest BCUT2D eigenvalue weighted by atomic mass is 16.5. The summed E-state index contributed by atoms with van der Waals surface area (Å²) in [6, 6.07) is 11.7. The van der Waals surface area contributed by atoms with Gasteiger partial charge in [0.1, 0.15) is 6.04 Å². The first kappa shape index (κ1) is 17.8. The lowest BCUT2D eigenvalue weighted by Gasteiger charge is -2.17. The van der Waals surface area contributed by atoms with Gasteiger partial charge in [0, 0.05) is 17.3 Å².